The lowest BCUT2D eigenvalue weighted by atomic mass is 9.85. The first kappa shape index (κ1) is 22.2. The Morgan fingerprint density at radius 2 is 1.42 bits per heavy atom. The van der Waals surface area contributed by atoms with Crippen molar-refractivity contribution in [2.75, 3.05) is 10.6 Å². The molecule has 0 radical (unpaired) electrons. The molecule has 31 heavy (non-hydrogen) atoms. The number of nitrogens with zero attached hydrogens (tertiary/aromatic N) is 1. The number of hydrogen-bond donors (Lipinski definition) is 2. The van der Waals surface area contributed by atoms with Crippen LogP contribution in [0.2, 0.25) is 0 Å². The molecule has 0 bridgehead atoms. The summed E-state index contributed by atoms with van der Waals surface area (Å²) in [6, 6.07) is 5.32. The average Bonchev–Trinajstić information content (AvgIpc) is 2.99. The smallest absolute Gasteiger partial charge is 0.329 e. The number of anilines is 2. The van der Waals surface area contributed by atoms with Gasteiger partial charge in [0.05, 0.1) is 11.8 Å². The number of esters is 1. The van der Waals surface area contributed by atoms with Gasteiger partial charge >= 0.3 is 5.97 Å². The lowest BCUT2D eigenvalue weighted by Gasteiger charge is -2.23. The molecule has 0 unspecified atom stereocenters. The van der Waals surface area contributed by atoms with Gasteiger partial charge in [0.25, 0.3) is 5.91 Å². The fraction of sp³-hybridized carbons (Fsp3) is 0.409. The minimum absolute atomic E-state index is 0.211. The second-order valence-corrected chi connectivity index (χ2v) is 7.71. The van der Waals surface area contributed by atoms with Gasteiger partial charge in [0.1, 0.15) is 6.04 Å². The van der Waals surface area contributed by atoms with Crippen molar-refractivity contribution in [2.24, 2.45) is 11.8 Å². The van der Waals surface area contributed by atoms with Crippen molar-refractivity contribution in [3.05, 3.63) is 36.4 Å². The maximum Gasteiger partial charge on any atom is 0.329 e. The van der Waals surface area contributed by atoms with E-state index in [2.05, 4.69) is 10.6 Å². The Labute approximate surface area is 179 Å². The summed E-state index contributed by atoms with van der Waals surface area (Å²) in [5, 5.41) is 5.22. The molecule has 4 amide bonds. The molecule has 0 saturated carbocycles. The molecule has 164 valence electrons. The first-order valence-corrected chi connectivity index (χ1v) is 10.1. The number of ether oxygens (including phenoxy) is 1. The first-order chi connectivity index (χ1) is 14.7. The number of rotatable bonds is 6. The predicted molar refractivity (Wildman–Crippen MR) is 112 cm³/mol. The van der Waals surface area contributed by atoms with Gasteiger partial charge in [-0.1, -0.05) is 12.2 Å². The number of fused-ring (bicyclic) bond motifs is 1. The third kappa shape index (κ3) is 4.82. The van der Waals surface area contributed by atoms with E-state index in [1.807, 2.05) is 12.2 Å². The van der Waals surface area contributed by atoms with Crippen molar-refractivity contribution in [3.63, 3.8) is 0 Å². The van der Waals surface area contributed by atoms with Crippen LogP contribution in [0.3, 0.4) is 0 Å². The number of amides is 4. The summed E-state index contributed by atoms with van der Waals surface area (Å²) in [6.07, 6.45) is 3.56. The maximum atomic E-state index is 12.6. The Kier molecular flexibility index (Phi) is 6.53. The molecule has 1 aromatic rings. The van der Waals surface area contributed by atoms with Crippen LogP contribution in [0.5, 0.6) is 0 Å². The fourth-order valence-corrected chi connectivity index (χ4v) is 3.72. The van der Waals surface area contributed by atoms with E-state index in [1.54, 1.807) is 24.3 Å². The molecule has 0 aromatic heterocycles. The minimum Gasteiger partial charge on any atom is -0.451 e. The van der Waals surface area contributed by atoms with Gasteiger partial charge in [-0.05, 0) is 51.0 Å². The van der Waals surface area contributed by atoms with Gasteiger partial charge in [0.15, 0.2) is 6.10 Å². The number of benzene rings is 1. The number of carbonyl (C=O) groups excluding carboxylic acids is 5. The van der Waals surface area contributed by atoms with Gasteiger partial charge in [-0.25, -0.2) is 4.79 Å². The van der Waals surface area contributed by atoms with E-state index in [9.17, 15) is 24.0 Å². The van der Waals surface area contributed by atoms with Crippen molar-refractivity contribution in [1.29, 1.82) is 0 Å². The predicted octanol–water partition coefficient (Wildman–Crippen LogP) is 1.85. The van der Waals surface area contributed by atoms with Crippen LogP contribution in [0.25, 0.3) is 0 Å². The number of likely N-dealkylation sites (tertiary alicyclic amines) is 1. The number of nitrogens with one attached hydrogen (secondary N) is 2. The molecule has 0 spiro atoms. The van der Waals surface area contributed by atoms with Gasteiger partial charge in [-0.2, -0.15) is 0 Å². The normalized spacial score (nSPS) is 21.8. The van der Waals surface area contributed by atoms with E-state index in [0.29, 0.717) is 24.2 Å². The lowest BCUT2D eigenvalue weighted by molar-refractivity contribution is -0.163. The van der Waals surface area contributed by atoms with Gasteiger partial charge in [-0.15, -0.1) is 0 Å². The Bertz CT molecular complexity index is 913. The van der Waals surface area contributed by atoms with Crippen molar-refractivity contribution in [1.82, 2.24) is 4.90 Å². The van der Waals surface area contributed by atoms with Crippen LogP contribution < -0.4 is 10.6 Å². The Morgan fingerprint density at radius 1 is 0.935 bits per heavy atom. The zero-order valence-electron chi connectivity index (χ0n) is 17.6. The third-order valence-corrected chi connectivity index (χ3v) is 5.41. The standard InChI is InChI=1S/C22H25N3O6/c1-12(25-20(28)17-6-4-5-7-18(17)21(25)29)22(30)31-13(2)19(27)24-16-10-8-15(9-11-16)23-14(3)26/h4-5,8-13,17-18H,6-7H2,1-3H3,(H,23,26)(H,24,27)/t12-,13-,17-,18+/m0/s1. The molecule has 1 aromatic carbocycles. The maximum absolute atomic E-state index is 12.6. The SMILES string of the molecule is CC(=O)Nc1ccc(NC(=O)[C@H](C)OC(=O)[C@H](C)N2C(=O)[C@H]3CC=CC[C@H]3C2=O)cc1. The van der Waals surface area contributed by atoms with Gasteiger partial charge in [-0.3, -0.25) is 24.1 Å². The summed E-state index contributed by atoms with van der Waals surface area (Å²) in [4.78, 5) is 62.2. The Morgan fingerprint density at radius 3 is 1.90 bits per heavy atom. The minimum atomic E-state index is -1.14. The largest absolute Gasteiger partial charge is 0.451 e. The topological polar surface area (TPSA) is 122 Å². The zero-order valence-corrected chi connectivity index (χ0v) is 17.6. The number of hydrogen-bond acceptors (Lipinski definition) is 6. The third-order valence-electron chi connectivity index (χ3n) is 5.41. The van der Waals surface area contributed by atoms with Crippen LogP contribution >= 0.6 is 0 Å². The van der Waals surface area contributed by atoms with E-state index < -0.39 is 35.9 Å². The molecular weight excluding hydrogens is 402 g/mol. The van der Waals surface area contributed by atoms with Crippen molar-refractivity contribution < 1.29 is 28.7 Å². The van der Waals surface area contributed by atoms with Crippen molar-refractivity contribution >= 4 is 41.0 Å². The zero-order chi connectivity index (χ0) is 22.7. The molecular formula is C22H25N3O6. The molecule has 4 atom stereocenters. The molecule has 1 heterocycles. The van der Waals surface area contributed by atoms with E-state index in [0.717, 1.165) is 4.90 Å². The van der Waals surface area contributed by atoms with E-state index in [4.69, 9.17) is 4.74 Å². The molecule has 3 rings (SSSR count). The quantitative estimate of drug-likeness (QED) is 0.406. The van der Waals surface area contributed by atoms with Gasteiger partial charge in [0.2, 0.25) is 17.7 Å². The molecule has 2 aliphatic rings. The van der Waals surface area contributed by atoms with Crippen molar-refractivity contribution in [2.45, 2.75) is 45.8 Å². The Hall–Kier alpha value is -3.49. The first-order valence-electron chi connectivity index (χ1n) is 10.1. The Balaban J connectivity index is 1.57. The molecule has 2 N–H and O–H groups in total. The summed E-state index contributed by atoms with van der Waals surface area (Å²) < 4.78 is 5.22. The molecule has 1 saturated heterocycles. The lowest BCUT2D eigenvalue weighted by Crippen LogP contribution is -2.46. The molecule has 1 aliphatic carbocycles. The summed E-state index contributed by atoms with van der Waals surface area (Å²) in [5.74, 6) is -3.22. The average molecular weight is 427 g/mol. The van der Waals surface area contributed by atoms with Gasteiger partial charge in [0, 0.05) is 18.3 Å². The summed E-state index contributed by atoms with van der Waals surface area (Å²) in [7, 11) is 0. The molecule has 1 aliphatic heterocycles. The summed E-state index contributed by atoms with van der Waals surface area (Å²) >= 11 is 0. The number of carbonyl (C=O) groups is 5. The second-order valence-electron chi connectivity index (χ2n) is 7.71. The van der Waals surface area contributed by atoms with Crippen LogP contribution in [0, 0.1) is 11.8 Å². The van der Waals surface area contributed by atoms with Crippen molar-refractivity contribution in [3.8, 4) is 0 Å². The molecule has 9 heteroatoms. The highest BCUT2D eigenvalue weighted by Crippen LogP contribution is 2.36. The van der Waals surface area contributed by atoms with E-state index in [1.165, 1.54) is 20.8 Å². The number of imide groups is 1. The van der Waals surface area contributed by atoms with Crippen LogP contribution in [0.4, 0.5) is 11.4 Å². The molecule has 1 fully saturated rings. The summed E-state index contributed by atoms with van der Waals surface area (Å²) in [6.45, 7) is 4.22. The highest BCUT2D eigenvalue weighted by atomic mass is 16.5. The van der Waals surface area contributed by atoms with Crippen LogP contribution in [0.15, 0.2) is 36.4 Å². The highest BCUT2D eigenvalue weighted by molar-refractivity contribution is 6.08. The molecule has 9 nitrogen and oxygen atoms in total. The van der Waals surface area contributed by atoms with E-state index in [-0.39, 0.29) is 17.7 Å². The highest BCUT2D eigenvalue weighted by Gasteiger charge is 2.50. The number of allylic oxidation sites excluding steroid dienone is 2. The fourth-order valence-electron chi connectivity index (χ4n) is 3.72. The van der Waals surface area contributed by atoms with Crippen LogP contribution in [0.1, 0.15) is 33.6 Å². The summed E-state index contributed by atoms with van der Waals surface area (Å²) in [5.41, 5.74) is 1.03. The van der Waals surface area contributed by atoms with E-state index >= 15 is 0 Å². The van der Waals surface area contributed by atoms with Crippen LogP contribution in [-0.2, 0) is 28.7 Å². The second kappa shape index (κ2) is 9.11. The van der Waals surface area contributed by atoms with Gasteiger partial charge < -0.3 is 15.4 Å². The monoisotopic (exact) mass is 427 g/mol. The van der Waals surface area contributed by atoms with Crippen LogP contribution in [-0.4, -0.2) is 46.6 Å².